The molecule has 0 bridgehead atoms. The number of fused-ring (bicyclic) bond motifs is 1. The van der Waals surface area contributed by atoms with Crippen molar-refractivity contribution >= 4 is 5.97 Å². The minimum Gasteiger partial charge on any atom is -0.462 e. The first-order valence-corrected chi connectivity index (χ1v) is 5.28. The zero-order chi connectivity index (χ0) is 10.8. The minimum absolute atomic E-state index is 0.135. The van der Waals surface area contributed by atoms with E-state index in [0.29, 0.717) is 12.2 Å². The van der Waals surface area contributed by atoms with E-state index in [-0.39, 0.29) is 12.0 Å². The highest BCUT2D eigenvalue weighted by atomic mass is 16.5. The summed E-state index contributed by atoms with van der Waals surface area (Å²) in [6, 6.07) is 5.78. The third kappa shape index (κ3) is 1.88. The van der Waals surface area contributed by atoms with Crippen LogP contribution in [-0.2, 0) is 11.2 Å². The first-order valence-electron chi connectivity index (χ1n) is 5.28. The van der Waals surface area contributed by atoms with Crippen molar-refractivity contribution in [2.75, 3.05) is 6.61 Å². The van der Waals surface area contributed by atoms with Crippen LogP contribution in [0.3, 0.4) is 0 Å². The molecule has 0 saturated carbocycles. The van der Waals surface area contributed by atoms with Crippen LogP contribution in [0.4, 0.5) is 0 Å². The monoisotopic (exact) mass is 205 g/mol. The first-order chi connectivity index (χ1) is 7.22. The van der Waals surface area contributed by atoms with Crippen molar-refractivity contribution in [1.29, 1.82) is 0 Å². The lowest BCUT2D eigenvalue weighted by molar-refractivity contribution is 0.0526. The first kappa shape index (κ1) is 10.2. The maximum absolute atomic E-state index is 11.5. The summed E-state index contributed by atoms with van der Waals surface area (Å²) in [5.74, 6) is -0.249. The van der Waals surface area contributed by atoms with E-state index in [1.165, 1.54) is 11.1 Å². The van der Waals surface area contributed by atoms with Gasteiger partial charge in [0.1, 0.15) is 0 Å². The standard InChI is InChI=1S/C12H15NO2/c1-2-15-12(14)9-3-5-10-8(7-9)4-6-11(10)13/h3,5,7,11H,2,4,6,13H2,1H3/t11-/m0/s1. The molecule has 0 spiro atoms. The van der Waals surface area contributed by atoms with Crippen molar-refractivity contribution in [1.82, 2.24) is 0 Å². The van der Waals surface area contributed by atoms with Gasteiger partial charge in [0.2, 0.25) is 0 Å². The molecule has 2 rings (SSSR count). The molecular formula is C12H15NO2. The molecule has 3 nitrogen and oxygen atoms in total. The largest absolute Gasteiger partial charge is 0.462 e. The number of benzene rings is 1. The topological polar surface area (TPSA) is 52.3 Å². The minimum atomic E-state index is -0.249. The number of hydrogen-bond acceptors (Lipinski definition) is 3. The molecular weight excluding hydrogens is 190 g/mol. The van der Waals surface area contributed by atoms with E-state index in [0.717, 1.165) is 12.8 Å². The highest BCUT2D eigenvalue weighted by molar-refractivity contribution is 5.89. The molecule has 0 radical (unpaired) electrons. The fraction of sp³-hybridized carbons (Fsp3) is 0.417. The average Bonchev–Trinajstić information content (AvgIpc) is 2.60. The predicted molar refractivity (Wildman–Crippen MR) is 57.6 cm³/mol. The second-order valence-electron chi connectivity index (χ2n) is 3.78. The number of nitrogens with two attached hydrogens (primary N) is 1. The zero-order valence-electron chi connectivity index (χ0n) is 8.82. The maximum atomic E-state index is 11.5. The molecule has 80 valence electrons. The van der Waals surface area contributed by atoms with Crippen LogP contribution < -0.4 is 5.73 Å². The molecule has 2 N–H and O–H groups in total. The van der Waals surface area contributed by atoms with Crippen LogP contribution in [0, 0.1) is 0 Å². The molecule has 3 heteroatoms. The molecule has 0 heterocycles. The van der Waals surface area contributed by atoms with Crippen molar-refractivity contribution in [2.45, 2.75) is 25.8 Å². The van der Waals surface area contributed by atoms with E-state index in [1.807, 2.05) is 12.1 Å². The average molecular weight is 205 g/mol. The molecule has 1 atom stereocenters. The SMILES string of the molecule is CCOC(=O)c1ccc2c(c1)CC[C@@H]2N. The second kappa shape index (κ2) is 4.03. The van der Waals surface area contributed by atoms with Gasteiger partial charge in [0.15, 0.2) is 0 Å². The second-order valence-corrected chi connectivity index (χ2v) is 3.78. The molecule has 1 aromatic rings. The summed E-state index contributed by atoms with van der Waals surface area (Å²) in [4.78, 5) is 11.5. The fourth-order valence-corrected chi connectivity index (χ4v) is 1.99. The van der Waals surface area contributed by atoms with Crippen LogP contribution >= 0.6 is 0 Å². The van der Waals surface area contributed by atoms with Crippen LogP contribution in [0.2, 0.25) is 0 Å². The van der Waals surface area contributed by atoms with Gasteiger partial charge in [-0.15, -0.1) is 0 Å². The van der Waals surface area contributed by atoms with E-state index in [1.54, 1.807) is 13.0 Å². The number of carbonyl (C=O) groups excluding carboxylic acids is 1. The highest BCUT2D eigenvalue weighted by Gasteiger charge is 2.20. The Balaban J connectivity index is 2.27. The Morgan fingerprint density at radius 1 is 1.60 bits per heavy atom. The Bertz CT molecular complexity index is 387. The third-order valence-electron chi connectivity index (χ3n) is 2.78. The summed E-state index contributed by atoms with van der Waals surface area (Å²) in [6.07, 6.45) is 1.94. The molecule has 0 fully saturated rings. The number of hydrogen-bond donors (Lipinski definition) is 1. The van der Waals surface area contributed by atoms with Gasteiger partial charge >= 0.3 is 5.97 Å². The number of ether oxygens (including phenoxy) is 1. The van der Waals surface area contributed by atoms with Crippen LogP contribution in [0.25, 0.3) is 0 Å². The molecule has 0 aromatic heterocycles. The number of rotatable bonds is 2. The van der Waals surface area contributed by atoms with E-state index in [2.05, 4.69) is 0 Å². The summed E-state index contributed by atoms with van der Waals surface area (Å²) in [5.41, 5.74) is 8.90. The Labute approximate surface area is 89.2 Å². The fourth-order valence-electron chi connectivity index (χ4n) is 1.99. The van der Waals surface area contributed by atoms with Crippen molar-refractivity contribution in [3.05, 3.63) is 34.9 Å². The van der Waals surface area contributed by atoms with Gasteiger partial charge in [-0.25, -0.2) is 4.79 Å². The van der Waals surface area contributed by atoms with Crippen LogP contribution in [0.15, 0.2) is 18.2 Å². The molecule has 15 heavy (non-hydrogen) atoms. The lowest BCUT2D eigenvalue weighted by Gasteiger charge is -2.06. The zero-order valence-corrected chi connectivity index (χ0v) is 8.82. The van der Waals surface area contributed by atoms with Crippen LogP contribution in [0.1, 0.15) is 40.9 Å². The van der Waals surface area contributed by atoms with Gasteiger partial charge in [-0.3, -0.25) is 0 Å². The van der Waals surface area contributed by atoms with E-state index in [9.17, 15) is 4.79 Å². The molecule has 1 aromatic carbocycles. The molecule has 0 amide bonds. The van der Waals surface area contributed by atoms with Crippen molar-refractivity contribution in [3.8, 4) is 0 Å². The van der Waals surface area contributed by atoms with Gasteiger partial charge in [-0.2, -0.15) is 0 Å². The summed E-state index contributed by atoms with van der Waals surface area (Å²) < 4.78 is 4.94. The van der Waals surface area contributed by atoms with Crippen molar-refractivity contribution in [3.63, 3.8) is 0 Å². The van der Waals surface area contributed by atoms with E-state index in [4.69, 9.17) is 10.5 Å². The van der Waals surface area contributed by atoms with E-state index < -0.39 is 0 Å². The lowest BCUT2D eigenvalue weighted by atomic mass is 10.1. The highest BCUT2D eigenvalue weighted by Crippen LogP contribution is 2.29. The summed E-state index contributed by atoms with van der Waals surface area (Å²) in [6.45, 7) is 2.22. The van der Waals surface area contributed by atoms with Crippen LogP contribution in [0.5, 0.6) is 0 Å². The Kier molecular flexibility index (Phi) is 2.73. The Morgan fingerprint density at radius 3 is 3.13 bits per heavy atom. The summed E-state index contributed by atoms with van der Waals surface area (Å²) >= 11 is 0. The third-order valence-corrected chi connectivity index (χ3v) is 2.78. The number of aryl methyl sites for hydroxylation is 1. The normalized spacial score (nSPS) is 18.7. The van der Waals surface area contributed by atoms with Crippen molar-refractivity contribution in [2.24, 2.45) is 5.73 Å². The maximum Gasteiger partial charge on any atom is 0.338 e. The van der Waals surface area contributed by atoms with Gasteiger partial charge in [0.25, 0.3) is 0 Å². The van der Waals surface area contributed by atoms with Crippen molar-refractivity contribution < 1.29 is 9.53 Å². The quantitative estimate of drug-likeness (QED) is 0.749. The van der Waals surface area contributed by atoms with Gasteiger partial charge < -0.3 is 10.5 Å². The van der Waals surface area contributed by atoms with Gasteiger partial charge in [0, 0.05) is 6.04 Å². The molecule has 0 aliphatic heterocycles. The molecule has 1 aliphatic carbocycles. The molecule has 0 unspecified atom stereocenters. The van der Waals surface area contributed by atoms with Gasteiger partial charge in [0.05, 0.1) is 12.2 Å². The van der Waals surface area contributed by atoms with Crippen LogP contribution in [-0.4, -0.2) is 12.6 Å². The van der Waals surface area contributed by atoms with Gasteiger partial charge in [-0.05, 0) is 43.0 Å². The van der Waals surface area contributed by atoms with Gasteiger partial charge in [-0.1, -0.05) is 6.07 Å². The Hall–Kier alpha value is -1.35. The number of carbonyl (C=O) groups is 1. The Morgan fingerprint density at radius 2 is 2.40 bits per heavy atom. The molecule has 0 saturated heterocycles. The summed E-state index contributed by atoms with van der Waals surface area (Å²) in [5, 5.41) is 0. The smallest absolute Gasteiger partial charge is 0.338 e. The summed E-state index contributed by atoms with van der Waals surface area (Å²) in [7, 11) is 0. The molecule has 1 aliphatic rings. The lowest BCUT2D eigenvalue weighted by Crippen LogP contribution is -2.07. The van der Waals surface area contributed by atoms with E-state index >= 15 is 0 Å². The number of esters is 1. The predicted octanol–water partition coefficient (Wildman–Crippen LogP) is 1.81.